The van der Waals surface area contributed by atoms with Crippen molar-refractivity contribution in [3.05, 3.63) is 169 Å². The topological polar surface area (TPSA) is 128 Å². The zero-order valence-electron chi connectivity index (χ0n) is 47.1. The van der Waals surface area contributed by atoms with Crippen molar-refractivity contribution in [1.29, 1.82) is 0 Å². The fourth-order valence-electron chi connectivity index (χ4n) is 7.99. The van der Waals surface area contributed by atoms with Crippen molar-refractivity contribution in [3.8, 4) is 0 Å². The van der Waals surface area contributed by atoms with E-state index in [4.69, 9.17) is 0 Å². The van der Waals surface area contributed by atoms with Crippen LogP contribution in [0.4, 0.5) is 0 Å². The second-order valence-electron chi connectivity index (χ2n) is 19.4. The second kappa shape index (κ2) is 50.8. The predicted octanol–water partition coefficient (Wildman–Crippen LogP) is 15.5. The standard InChI is InChI=1S/C67H103N3O5/c1-4-7-10-13-16-18-20-22-24-26-27-29-30-32-34-36-38-41-44-50-64(73)68-58-47-46-49-63(69-65(74)51-45-42-39-37-35-33-31-28-25-23-21-19-17-14-11-8-5-2)66(75)70-67(59-71,60-72)57-56-62-54-52-61(53-55-62)48-43-40-15-12-9-6-3/h7-8,10-11,16-19,22-25,27,29,31-34,37-39,41,52-55,63,71-72H,4-6,9,12-15,20-21,26,28,30,35-36,40,42-51,56-60H2,1-3H3,(H,68,73)(H,69,74)(H,70,75)/b10-7-,11-8-,18-16-,19-17-,24-22-,25-23-,29-27-,33-31-,34-32-,39-37-,41-38-/t63-/m0/s1. The predicted molar refractivity (Wildman–Crippen MR) is 321 cm³/mol. The Labute approximate surface area is 457 Å². The molecule has 5 N–H and O–H groups in total. The highest BCUT2D eigenvalue weighted by atomic mass is 16.3. The minimum atomic E-state index is -1.26. The van der Waals surface area contributed by atoms with Crippen molar-refractivity contribution >= 4 is 17.7 Å². The number of aliphatic hydroxyl groups excluding tert-OH is 2. The normalized spacial score (nSPS) is 13.2. The highest BCUT2D eigenvalue weighted by Crippen LogP contribution is 2.18. The maximum absolute atomic E-state index is 13.9. The molecule has 8 heteroatoms. The lowest BCUT2D eigenvalue weighted by molar-refractivity contribution is -0.131. The molecule has 0 bridgehead atoms. The molecule has 3 amide bonds. The van der Waals surface area contributed by atoms with Crippen molar-refractivity contribution in [2.45, 2.75) is 212 Å². The third-order valence-electron chi connectivity index (χ3n) is 12.7. The Kier molecular flexibility index (Phi) is 45.9. The van der Waals surface area contributed by atoms with Gasteiger partial charge in [0.15, 0.2) is 0 Å². The van der Waals surface area contributed by atoms with Crippen LogP contribution in [0.5, 0.6) is 0 Å². The lowest BCUT2D eigenvalue weighted by Gasteiger charge is -2.33. The van der Waals surface area contributed by atoms with Crippen LogP contribution >= 0.6 is 0 Å². The van der Waals surface area contributed by atoms with Gasteiger partial charge in [-0.25, -0.2) is 0 Å². The zero-order chi connectivity index (χ0) is 54.4. The Morgan fingerprint density at radius 2 is 0.893 bits per heavy atom. The molecule has 75 heavy (non-hydrogen) atoms. The molecule has 0 unspecified atom stereocenters. The van der Waals surface area contributed by atoms with Crippen molar-refractivity contribution in [3.63, 3.8) is 0 Å². The van der Waals surface area contributed by atoms with Gasteiger partial charge >= 0.3 is 0 Å². The molecule has 0 fully saturated rings. The van der Waals surface area contributed by atoms with Crippen molar-refractivity contribution in [2.24, 2.45) is 0 Å². The summed E-state index contributed by atoms with van der Waals surface area (Å²) in [5.74, 6) is -0.670. The van der Waals surface area contributed by atoms with Crippen molar-refractivity contribution in [2.75, 3.05) is 19.8 Å². The third kappa shape index (κ3) is 41.6. The quantitative estimate of drug-likeness (QED) is 0.0328. The van der Waals surface area contributed by atoms with Crippen LogP contribution in [-0.4, -0.2) is 59.3 Å². The number of hydrogen-bond acceptors (Lipinski definition) is 5. The number of amides is 3. The summed E-state index contributed by atoms with van der Waals surface area (Å²) in [4.78, 5) is 39.8. The van der Waals surface area contributed by atoms with Gasteiger partial charge in [-0.2, -0.15) is 0 Å². The van der Waals surface area contributed by atoms with E-state index in [1.54, 1.807) is 0 Å². The third-order valence-corrected chi connectivity index (χ3v) is 12.7. The van der Waals surface area contributed by atoms with Gasteiger partial charge in [0.05, 0.1) is 18.8 Å². The maximum Gasteiger partial charge on any atom is 0.243 e. The molecule has 0 saturated carbocycles. The van der Waals surface area contributed by atoms with Gasteiger partial charge < -0.3 is 26.2 Å². The number of aryl methyl sites for hydroxylation is 2. The first-order valence-electron chi connectivity index (χ1n) is 29.1. The summed E-state index contributed by atoms with van der Waals surface area (Å²) in [6.45, 7) is 6.11. The van der Waals surface area contributed by atoms with Crippen molar-refractivity contribution in [1.82, 2.24) is 16.0 Å². The van der Waals surface area contributed by atoms with Gasteiger partial charge in [-0.3, -0.25) is 14.4 Å². The fourth-order valence-corrected chi connectivity index (χ4v) is 7.99. The van der Waals surface area contributed by atoms with E-state index in [-0.39, 0.29) is 18.2 Å². The van der Waals surface area contributed by atoms with E-state index in [9.17, 15) is 24.6 Å². The van der Waals surface area contributed by atoms with Gasteiger partial charge in [0.2, 0.25) is 17.7 Å². The van der Waals surface area contributed by atoms with E-state index in [0.29, 0.717) is 57.9 Å². The summed E-state index contributed by atoms with van der Waals surface area (Å²) in [5.41, 5.74) is 1.11. The molecule has 1 aromatic rings. The van der Waals surface area contributed by atoms with E-state index in [1.165, 1.54) is 44.1 Å². The Bertz CT molecular complexity index is 1910. The van der Waals surface area contributed by atoms with Crippen LogP contribution < -0.4 is 16.0 Å². The lowest BCUT2D eigenvalue weighted by atomic mass is 9.91. The number of unbranched alkanes of at least 4 members (excludes halogenated alkanes) is 7. The highest BCUT2D eigenvalue weighted by Gasteiger charge is 2.33. The van der Waals surface area contributed by atoms with Crippen LogP contribution in [0, 0.1) is 0 Å². The number of carbonyl (C=O) groups is 3. The Balaban J connectivity index is 2.65. The van der Waals surface area contributed by atoms with Gasteiger partial charge in [-0.05, 0) is 146 Å². The molecule has 0 radical (unpaired) electrons. The van der Waals surface area contributed by atoms with Gasteiger partial charge in [0.1, 0.15) is 6.04 Å². The summed E-state index contributed by atoms with van der Waals surface area (Å²) >= 11 is 0. The molecule has 0 aliphatic heterocycles. The fraction of sp³-hybridized carbons (Fsp3) is 0.537. The number of aliphatic hydroxyl groups is 2. The van der Waals surface area contributed by atoms with Gasteiger partial charge in [-0.15, -0.1) is 0 Å². The zero-order valence-corrected chi connectivity index (χ0v) is 47.1. The highest BCUT2D eigenvalue weighted by molar-refractivity contribution is 5.88. The molecule has 0 spiro atoms. The van der Waals surface area contributed by atoms with E-state index >= 15 is 0 Å². The summed E-state index contributed by atoms with van der Waals surface area (Å²) in [6, 6.07) is 7.65. The molecule has 1 aromatic carbocycles. The number of allylic oxidation sites excluding steroid dienone is 22. The van der Waals surface area contributed by atoms with Crippen LogP contribution in [0.25, 0.3) is 0 Å². The number of carbonyl (C=O) groups excluding carboxylic acids is 3. The first-order valence-corrected chi connectivity index (χ1v) is 29.1. The monoisotopic (exact) mass is 1030 g/mol. The molecule has 0 heterocycles. The molecular weight excluding hydrogens is 927 g/mol. The number of benzene rings is 1. The van der Waals surface area contributed by atoms with Crippen LogP contribution in [0.15, 0.2) is 158 Å². The van der Waals surface area contributed by atoms with Gasteiger partial charge in [0.25, 0.3) is 0 Å². The molecule has 0 saturated heterocycles. The second-order valence-corrected chi connectivity index (χ2v) is 19.4. The number of nitrogens with one attached hydrogen (secondary N) is 3. The summed E-state index contributed by atoms with van der Waals surface area (Å²) in [7, 11) is 0. The van der Waals surface area contributed by atoms with E-state index in [1.807, 2.05) is 6.08 Å². The lowest BCUT2D eigenvalue weighted by Crippen LogP contribution is -2.59. The molecule has 416 valence electrons. The minimum Gasteiger partial charge on any atom is -0.394 e. The Morgan fingerprint density at radius 3 is 1.36 bits per heavy atom. The van der Waals surface area contributed by atoms with E-state index < -0.39 is 30.7 Å². The van der Waals surface area contributed by atoms with E-state index in [2.05, 4.69) is 189 Å². The summed E-state index contributed by atoms with van der Waals surface area (Å²) in [5, 5.41) is 30.0. The average Bonchev–Trinajstić information content (AvgIpc) is 3.42. The molecule has 1 atom stereocenters. The number of hydrogen-bond donors (Lipinski definition) is 5. The van der Waals surface area contributed by atoms with Crippen LogP contribution in [0.2, 0.25) is 0 Å². The smallest absolute Gasteiger partial charge is 0.243 e. The Morgan fingerprint density at radius 1 is 0.467 bits per heavy atom. The molecule has 1 rings (SSSR count). The Hall–Kier alpha value is -5.31. The molecule has 8 nitrogen and oxygen atoms in total. The minimum absolute atomic E-state index is 0.0206. The molecule has 0 aliphatic carbocycles. The summed E-state index contributed by atoms with van der Waals surface area (Å²) < 4.78 is 0. The van der Waals surface area contributed by atoms with Crippen LogP contribution in [0.3, 0.4) is 0 Å². The SMILES string of the molecule is CC/C=C\C/C=C\C/C=C\C/C=C\C/C=C\C/C=C\CCC(=O)NCCCC[C@H](NC(=O)CCC/C=C\C/C=C\C/C=C\C/C=C\C/C=C\CC)C(=O)NC(CO)(CO)CCc1ccc(CCCCCCCC)cc1. The van der Waals surface area contributed by atoms with E-state index in [0.717, 1.165) is 89.0 Å². The largest absolute Gasteiger partial charge is 0.394 e. The van der Waals surface area contributed by atoms with Crippen LogP contribution in [0.1, 0.15) is 199 Å². The molecular formula is C67H103N3O5. The molecule has 0 aliphatic rings. The molecule has 0 aromatic heterocycles. The average molecular weight is 1030 g/mol. The van der Waals surface area contributed by atoms with Gasteiger partial charge in [-0.1, -0.05) is 211 Å². The maximum atomic E-state index is 13.9. The van der Waals surface area contributed by atoms with Crippen LogP contribution in [-0.2, 0) is 27.2 Å². The first kappa shape index (κ1) is 67.7. The first-order chi connectivity index (χ1) is 36.8. The number of rotatable bonds is 47. The summed E-state index contributed by atoms with van der Waals surface area (Å²) in [6.07, 6.45) is 71.9. The van der Waals surface area contributed by atoms with Gasteiger partial charge in [0, 0.05) is 19.4 Å². The van der Waals surface area contributed by atoms with Crippen molar-refractivity contribution < 1.29 is 24.6 Å².